The van der Waals surface area contributed by atoms with Crippen molar-refractivity contribution < 1.29 is 9.13 Å². The lowest BCUT2D eigenvalue weighted by Crippen LogP contribution is -2.28. The van der Waals surface area contributed by atoms with Gasteiger partial charge in [0, 0.05) is 23.8 Å². The fourth-order valence-electron chi connectivity index (χ4n) is 3.86. The van der Waals surface area contributed by atoms with E-state index in [2.05, 4.69) is 24.0 Å². The molecule has 1 heterocycles. The first-order valence-electron chi connectivity index (χ1n) is 9.64. The molecular formula is C24H24FNO. The maximum absolute atomic E-state index is 14.0. The number of nitrogens with zero attached hydrogens (tertiary/aromatic N) is 1. The molecular weight excluding hydrogens is 337 g/mol. The molecule has 138 valence electrons. The third-order valence-electron chi connectivity index (χ3n) is 5.27. The predicted molar refractivity (Wildman–Crippen MR) is 109 cm³/mol. The molecule has 0 aromatic heterocycles. The molecule has 2 nitrogen and oxygen atoms in total. The van der Waals surface area contributed by atoms with Crippen LogP contribution in [0.2, 0.25) is 0 Å². The van der Waals surface area contributed by atoms with Gasteiger partial charge < -0.3 is 9.64 Å². The van der Waals surface area contributed by atoms with Crippen molar-refractivity contribution in [2.75, 3.05) is 11.4 Å². The summed E-state index contributed by atoms with van der Waals surface area (Å²) in [5.41, 5.74) is 2.65. The van der Waals surface area contributed by atoms with E-state index in [1.54, 1.807) is 12.1 Å². The molecule has 0 spiro atoms. The first-order chi connectivity index (χ1) is 13.2. The van der Waals surface area contributed by atoms with Crippen molar-refractivity contribution >= 4 is 5.69 Å². The number of ether oxygens (including phenoxy) is 1. The first kappa shape index (κ1) is 17.6. The van der Waals surface area contributed by atoms with E-state index in [4.69, 9.17) is 4.74 Å². The van der Waals surface area contributed by atoms with Crippen LogP contribution in [0.4, 0.5) is 10.1 Å². The van der Waals surface area contributed by atoms with Gasteiger partial charge in [-0.3, -0.25) is 0 Å². The molecule has 0 radical (unpaired) electrons. The Morgan fingerprint density at radius 3 is 2.56 bits per heavy atom. The number of rotatable bonds is 5. The van der Waals surface area contributed by atoms with E-state index in [0.717, 1.165) is 17.9 Å². The van der Waals surface area contributed by atoms with Crippen molar-refractivity contribution in [1.29, 1.82) is 0 Å². The van der Waals surface area contributed by atoms with Crippen LogP contribution in [0.5, 0.6) is 11.5 Å². The summed E-state index contributed by atoms with van der Waals surface area (Å²) < 4.78 is 20.1. The van der Waals surface area contributed by atoms with Gasteiger partial charge in [-0.15, -0.1) is 0 Å². The maximum Gasteiger partial charge on any atom is 0.131 e. The Labute approximate surface area is 160 Å². The third kappa shape index (κ3) is 3.82. The zero-order valence-corrected chi connectivity index (χ0v) is 15.6. The highest BCUT2D eigenvalue weighted by atomic mass is 19.1. The van der Waals surface area contributed by atoms with E-state index >= 15 is 0 Å². The summed E-state index contributed by atoms with van der Waals surface area (Å²) in [4.78, 5) is 2.49. The van der Waals surface area contributed by atoms with E-state index < -0.39 is 0 Å². The molecule has 4 rings (SSSR count). The summed E-state index contributed by atoms with van der Waals surface area (Å²) in [6, 6.07) is 23.3. The van der Waals surface area contributed by atoms with Gasteiger partial charge in [0.05, 0.1) is 0 Å². The van der Waals surface area contributed by atoms with Crippen LogP contribution in [0.15, 0.2) is 72.8 Å². The van der Waals surface area contributed by atoms with Crippen LogP contribution in [0.3, 0.4) is 0 Å². The zero-order valence-electron chi connectivity index (χ0n) is 15.6. The molecule has 0 amide bonds. The highest BCUT2D eigenvalue weighted by molar-refractivity contribution is 5.65. The fraction of sp³-hybridized carbons (Fsp3) is 0.250. The first-order valence-corrected chi connectivity index (χ1v) is 9.64. The Morgan fingerprint density at radius 2 is 1.78 bits per heavy atom. The van der Waals surface area contributed by atoms with Crippen LogP contribution < -0.4 is 9.64 Å². The SMILES string of the molecule is CC[C@@H]1CCCN1c1ccc(Oc2cccc(-c3ccccc3F)c2)cc1. The van der Waals surface area contributed by atoms with Gasteiger partial charge in [0.15, 0.2) is 0 Å². The highest BCUT2D eigenvalue weighted by Gasteiger charge is 2.22. The standard InChI is InChI=1S/C24H24FNO/c1-2-19-8-6-16-26(19)20-12-14-21(15-13-20)27-22-9-5-7-18(17-22)23-10-3-4-11-24(23)25/h3-5,7,9-15,17,19H,2,6,8,16H2,1H3/t19-/m1/s1. The molecule has 0 unspecified atom stereocenters. The average Bonchev–Trinajstić information content (AvgIpc) is 3.18. The predicted octanol–water partition coefficient (Wildman–Crippen LogP) is 6.66. The molecule has 1 atom stereocenters. The normalized spacial score (nSPS) is 16.5. The number of anilines is 1. The Hall–Kier alpha value is -2.81. The second-order valence-electron chi connectivity index (χ2n) is 7.00. The third-order valence-corrected chi connectivity index (χ3v) is 5.27. The van der Waals surface area contributed by atoms with Crippen molar-refractivity contribution in [1.82, 2.24) is 0 Å². The van der Waals surface area contributed by atoms with Gasteiger partial charge in [-0.05, 0) is 67.3 Å². The topological polar surface area (TPSA) is 12.5 Å². The van der Waals surface area contributed by atoms with Crippen molar-refractivity contribution in [2.24, 2.45) is 0 Å². The fourth-order valence-corrected chi connectivity index (χ4v) is 3.86. The monoisotopic (exact) mass is 361 g/mol. The van der Waals surface area contributed by atoms with E-state index in [0.29, 0.717) is 17.4 Å². The van der Waals surface area contributed by atoms with Gasteiger partial charge in [0.2, 0.25) is 0 Å². The number of halogens is 1. The van der Waals surface area contributed by atoms with Crippen molar-refractivity contribution in [3.05, 3.63) is 78.6 Å². The Morgan fingerprint density at radius 1 is 0.963 bits per heavy atom. The molecule has 3 aromatic carbocycles. The minimum atomic E-state index is -0.227. The van der Waals surface area contributed by atoms with Crippen LogP contribution in [-0.2, 0) is 0 Å². The summed E-state index contributed by atoms with van der Waals surface area (Å²) in [7, 11) is 0. The van der Waals surface area contributed by atoms with Crippen molar-refractivity contribution in [3.63, 3.8) is 0 Å². The lowest BCUT2D eigenvalue weighted by molar-refractivity contribution is 0.483. The molecule has 3 aromatic rings. The molecule has 1 saturated heterocycles. The smallest absolute Gasteiger partial charge is 0.131 e. The number of hydrogen-bond acceptors (Lipinski definition) is 2. The quantitative estimate of drug-likeness (QED) is 0.503. The molecule has 0 saturated carbocycles. The lowest BCUT2D eigenvalue weighted by Gasteiger charge is -2.26. The number of benzene rings is 3. The van der Waals surface area contributed by atoms with E-state index in [-0.39, 0.29) is 5.82 Å². The minimum Gasteiger partial charge on any atom is -0.457 e. The van der Waals surface area contributed by atoms with E-state index in [9.17, 15) is 4.39 Å². The summed E-state index contributed by atoms with van der Waals surface area (Å²) in [5.74, 6) is 1.27. The highest BCUT2D eigenvalue weighted by Crippen LogP contribution is 2.32. The number of hydrogen-bond donors (Lipinski definition) is 0. The van der Waals surface area contributed by atoms with E-state index in [1.165, 1.54) is 31.0 Å². The summed E-state index contributed by atoms with van der Waals surface area (Å²) in [6.07, 6.45) is 3.72. The molecule has 1 aliphatic rings. The lowest BCUT2D eigenvalue weighted by atomic mass is 10.1. The molecule has 1 fully saturated rings. The zero-order chi connectivity index (χ0) is 18.6. The second kappa shape index (κ2) is 7.83. The molecule has 27 heavy (non-hydrogen) atoms. The van der Waals surface area contributed by atoms with Crippen LogP contribution in [-0.4, -0.2) is 12.6 Å². The van der Waals surface area contributed by atoms with Gasteiger partial charge in [-0.1, -0.05) is 37.3 Å². The molecule has 0 aliphatic carbocycles. The Balaban J connectivity index is 1.51. The van der Waals surface area contributed by atoms with Crippen LogP contribution in [0.25, 0.3) is 11.1 Å². The van der Waals surface area contributed by atoms with Crippen molar-refractivity contribution in [3.8, 4) is 22.6 Å². The van der Waals surface area contributed by atoms with E-state index in [1.807, 2.05) is 42.5 Å². The van der Waals surface area contributed by atoms with Crippen molar-refractivity contribution in [2.45, 2.75) is 32.2 Å². The van der Waals surface area contributed by atoms with Gasteiger partial charge in [-0.2, -0.15) is 0 Å². The van der Waals surface area contributed by atoms with Gasteiger partial charge in [0.1, 0.15) is 17.3 Å². The molecule has 1 aliphatic heterocycles. The average molecular weight is 361 g/mol. The van der Waals surface area contributed by atoms with Crippen LogP contribution in [0.1, 0.15) is 26.2 Å². The van der Waals surface area contributed by atoms with Crippen LogP contribution >= 0.6 is 0 Å². The van der Waals surface area contributed by atoms with Gasteiger partial charge in [-0.25, -0.2) is 4.39 Å². The van der Waals surface area contributed by atoms with Gasteiger partial charge >= 0.3 is 0 Å². The van der Waals surface area contributed by atoms with Gasteiger partial charge in [0.25, 0.3) is 0 Å². The molecule has 0 bridgehead atoms. The molecule has 0 N–H and O–H groups in total. The second-order valence-corrected chi connectivity index (χ2v) is 7.00. The molecule has 3 heteroatoms. The minimum absolute atomic E-state index is 0.227. The summed E-state index contributed by atoms with van der Waals surface area (Å²) in [5, 5.41) is 0. The largest absolute Gasteiger partial charge is 0.457 e. The maximum atomic E-state index is 14.0. The summed E-state index contributed by atoms with van der Waals surface area (Å²) in [6.45, 7) is 3.38. The van der Waals surface area contributed by atoms with Crippen LogP contribution in [0, 0.1) is 5.82 Å². The summed E-state index contributed by atoms with van der Waals surface area (Å²) >= 11 is 0. The Bertz CT molecular complexity index is 906. The Kier molecular flexibility index (Phi) is 5.10.